The van der Waals surface area contributed by atoms with Crippen LogP contribution in [0, 0.1) is 0 Å². The van der Waals surface area contributed by atoms with Crippen molar-refractivity contribution < 1.29 is 28.6 Å². The lowest BCUT2D eigenvalue weighted by molar-refractivity contribution is -0.166. The molecule has 0 aromatic rings. The Bertz CT molecular complexity index is 1220. The molecule has 0 aliphatic rings. The van der Waals surface area contributed by atoms with Crippen LogP contribution in [-0.4, -0.2) is 37.2 Å². The molecule has 6 nitrogen and oxygen atoms in total. The highest BCUT2D eigenvalue weighted by molar-refractivity contribution is 5.71. The van der Waals surface area contributed by atoms with Gasteiger partial charge in [0.15, 0.2) is 6.10 Å². The number of rotatable bonds is 41. The molecule has 0 rings (SSSR count). The molecule has 334 valence electrons. The Morgan fingerprint density at radius 2 is 0.729 bits per heavy atom. The Morgan fingerprint density at radius 3 is 1.24 bits per heavy atom. The van der Waals surface area contributed by atoms with Gasteiger partial charge in [0.1, 0.15) is 13.2 Å². The third-order valence-corrected chi connectivity index (χ3v) is 9.56. The Balaban J connectivity index is 4.56. The summed E-state index contributed by atoms with van der Waals surface area (Å²) in [5.74, 6) is -1.07. The number of carbonyl (C=O) groups excluding carboxylic acids is 3. The first kappa shape index (κ1) is 55.3. The van der Waals surface area contributed by atoms with Crippen LogP contribution in [0.25, 0.3) is 0 Å². The number of allylic oxidation sites excluding steroid dienone is 16. The summed E-state index contributed by atoms with van der Waals surface area (Å²) >= 11 is 0. The number of esters is 3. The first-order valence-electron chi connectivity index (χ1n) is 23.7. The van der Waals surface area contributed by atoms with Gasteiger partial charge in [0, 0.05) is 19.3 Å². The minimum atomic E-state index is -0.833. The van der Waals surface area contributed by atoms with Gasteiger partial charge in [-0.3, -0.25) is 14.4 Å². The quantitative estimate of drug-likeness (QED) is 0.0265. The number of ether oxygens (including phenoxy) is 3. The second-order valence-corrected chi connectivity index (χ2v) is 15.3. The predicted molar refractivity (Wildman–Crippen MR) is 251 cm³/mol. The largest absolute Gasteiger partial charge is 0.462 e. The smallest absolute Gasteiger partial charge is 0.306 e. The molecule has 0 aromatic heterocycles. The zero-order chi connectivity index (χ0) is 43.0. The Hall–Kier alpha value is -3.67. The van der Waals surface area contributed by atoms with Crippen molar-refractivity contribution >= 4 is 17.9 Å². The van der Waals surface area contributed by atoms with Crippen LogP contribution >= 0.6 is 0 Å². The molecule has 0 radical (unpaired) electrons. The van der Waals surface area contributed by atoms with Crippen molar-refractivity contribution in [3.8, 4) is 0 Å². The van der Waals surface area contributed by atoms with E-state index in [1.807, 2.05) is 6.08 Å². The molecule has 0 bridgehead atoms. The summed E-state index contributed by atoms with van der Waals surface area (Å²) in [6.07, 6.45) is 61.2. The van der Waals surface area contributed by atoms with Crippen LogP contribution in [-0.2, 0) is 28.6 Å². The number of hydrogen-bond donors (Lipinski definition) is 0. The number of carbonyl (C=O) groups is 3. The Morgan fingerprint density at radius 1 is 0.356 bits per heavy atom. The van der Waals surface area contributed by atoms with E-state index >= 15 is 0 Å². The second-order valence-electron chi connectivity index (χ2n) is 15.3. The van der Waals surface area contributed by atoms with Crippen molar-refractivity contribution in [1.29, 1.82) is 0 Å². The van der Waals surface area contributed by atoms with Gasteiger partial charge in [-0.2, -0.15) is 0 Å². The first-order valence-corrected chi connectivity index (χ1v) is 23.7. The maximum atomic E-state index is 12.7. The van der Waals surface area contributed by atoms with E-state index < -0.39 is 12.1 Å². The van der Waals surface area contributed by atoms with Crippen LogP contribution in [0.2, 0.25) is 0 Å². The van der Waals surface area contributed by atoms with Crippen LogP contribution in [0.4, 0.5) is 0 Å². The Kier molecular flexibility index (Phi) is 44.1. The van der Waals surface area contributed by atoms with Crippen molar-refractivity contribution in [3.63, 3.8) is 0 Å². The zero-order valence-corrected chi connectivity index (χ0v) is 38.0. The minimum absolute atomic E-state index is 0.124. The van der Waals surface area contributed by atoms with Gasteiger partial charge in [-0.1, -0.05) is 182 Å². The molecular weight excluding hydrogens is 733 g/mol. The van der Waals surface area contributed by atoms with E-state index in [1.165, 1.54) is 64.2 Å². The molecule has 0 amide bonds. The van der Waals surface area contributed by atoms with E-state index in [-0.39, 0.29) is 38.0 Å². The molecule has 1 atom stereocenters. The summed E-state index contributed by atoms with van der Waals surface area (Å²) in [6.45, 7) is 6.34. The van der Waals surface area contributed by atoms with Crippen LogP contribution in [0.3, 0.4) is 0 Å². The number of unbranched alkanes of at least 4 members (excludes halogenated alkanes) is 14. The summed E-state index contributed by atoms with van der Waals surface area (Å²) in [4.78, 5) is 37.7. The van der Waals surface area contributed by atoms with Crippen molar-refractivity contribution in [2.24, 2.45) is 0 Å². The topological polar surface area (TPSA) is 78.9 Å². The molecule has 0 N–H and O–H groups in total. The molecule has 0 heterocycles. The lowest BCUT2D eigenvalue weighted by Crippen LogP contribution is -2.30. The van der Waals surface area contributed by atoms with Crippen LogP contribution < -0.4 is 0 Å². The number of hydrogen-bond acceptors (Lipinski definition) is 6. The molecule has 0 spiro atoms. The maximum Gasteiger partial charge on any atom is 0.306 e. The maximum absolute atomic E-state index is 12.7. The Labute approximate surface area is 362 Å². The molecule has 59 heavy (non-hydrogen) atoms. The molecular formula is C53H86O6. The van der Waals surface area contributed by atoms with Crippen molar-refractivity contribution in [2.75, 3.05) is 13.2 Å². The van der Waals surface area contributed by atoms with E-state index in [0.29, 0.717) is 19.3 Å². The lowest BCUT2D eigenvalue weighted by atomic mass is 10.1. The van der Waals surface area contributed by atoms with Gasteiger partial charge in [0.05, 0.1) is 0 Å². The van der Waals surface area contributed by atoms with E-state index in [1.54, 1.807) is 0 Å². The predicted octanol–water partition coefficient (Wildman–Crippen LogP) is 15.4. The van der Waals surface area contributed by atoms with Gasteiger partial charge in [-0.25, -0.2) is 0 Å². The zero-order valence-electron chi connectivity index (χ0n) is 38.0. The van der Waals surface area contributed by atoms with Gasteiger partial charge < -0.3 is 14.2 Å². The van der Waals surface area contributed by atoms with Gasteiger partial charge in [-0.05, 0) is 96.3 Å². The molecule has 0 aliphatic carbocycles. The van der Waals surface area contributed by atoms with Gasteiger partial charge >= 0.3 is 17.9 Å². The highest BCUT2D eigenvalue weighted by atomic mass is 16.6. The van der Waals surface area contributed by atoms with Crippen molar-refractivity contribution in [3.05, 3.63) is 97.2 Å². The third-order valence-electron chi connectivity index (χ3n) is 9.56. The van der Waals surface area contributed by atoms with Crippen molar-refractivity contribution in [1.82, 2.24) is 0 Å². The van der Waals surface area contributed by atoms with Gasteiger partial charge in [0.2, 0.25) is 0 Å². The monoisotopic (exact) mass is 819 g/mol. The summed E-state index contributed by atoms with van der Waals surface area (Å²) in [5.41, 5.74) is 0. The van der Waals surface area contributed by atoms with Crippen LogP contribution in [0.5, 0.6) is 0 Å². The SMILES string of the molecule is CC/C=C\C/C=C\C/C=C\C/C=C\C/C=C\CCCC(=O)OCC(COC(=O)CCCCCCC/C=C\CCCC)OC(=O)CC/C=C\C/C=C\CCCCCCCC. The highest BCUT2D eigenvalue weighted by Crippen LogP contribution is 2.11. The van der Waals surface area contributed by atoms with Crippen molar-refractivity contribution in [2.45, 2.75) is 207 Å². The summed E-state index contributed by atoms with van der Waals surface area (Å²) in [7, 11) is 0. The summed E-state index contributed by atoms with van der Waals surface area (Å²) < 4.78 is 16.6. The highest BCUT2D eigenvalue weighted by Gasteiger charge is 2.19. The fourth-order valence-corrected chi connectivity index (χ4v) is 5.98. The fraction of sp³-hybridized carbons (Fsp3) is 0.642. The molecule has 0 saturated carbocycles. The van der Waals surface area contributed by atoms with E-state index in [4.69, 9.17) is 14.2 Å². The van der Waals surface area contributed by atoms with Crippen LogP contribution in [0.1, 0.15) is 201 Å². The van der Waals surface area contributed by atoms with Gasteiger partial charge in [0.25, 0.3) is 0 Å². The first-order chi connectivity index (χ1) is 29.0. The molecule has 0 aromatic carbocycles. The van der Waals surface area contributed by atoms with E-state index in [2.05, 4.69) is 112 Å². The molecule has 0 fully saturated rings. The van der Waals surface area contributed by atoms with E-state index in [9.17, 15) is 14.4 Å². The summed E-state index contributed by atoms with van der Waals surface area (Å²) in [6, 6.07) is 0. The average molecular weight is 819 g/mol. The normalized spacial score (nSPS) is 12.9. The van der Waals surface area contributed by atoms with Crippen LogP contribution in [0.15, 0.2) is 97.2 Å². The summed E-state index contributed by atoms with van der Waals surface area (Å²) in [5, 5.41) is 0. The average Bonchev–Trinajstić information content (AvgIpc) is 3.23. The molecule has 0 saturated heterocycles. The third kappa shape index (κ3) is 45.3. The van der Waals surface area contributed by atoms with E-state index in [0.717, 1.165) is 83.5 Å². The standard InChI is InChI=1S/C53H86O6/c1-4-7-10-13-16-19-22-24-25-26-27-29-31-34-37-40-43-46-52(55)58-49-50(48-57-51(54)45-42-39-36-33-30-21-18-15-12-9-6-3)59-53(56)47-44-41-38-35-32-28-23-20-17-14-11-8-5-2/h7,10,15-16,18-19,24-25,27-29,32,34,37-38,41,50H,4-6,8-9,11-14,17,20-23,26,30-31,33,35-36,39-40,42-49H2,1-3H3/b10-7-,18-15-,19-16-,25-24-,29-27-,32-28-,37-34-,41-38-. The molecule has 0 aliphatic heterocycles. The molecule has 1 unspecified atom stereocenters. The fourth-order valence-electron chi connectivity index (χ4n) is 5.98. The lowest BCUT2D eigenvalue weighted by Gasteiger charge is -2.18. The van der Waals surface area contributed by atoms with Gasteiger partial charge in [-0.15, -0.1) is 0 Å². The minimum Gasteiger partial charge on any atom is -0.462 e. The second kappa shape index (κ2) is 47.0. The molecule has 6 heteroatoms.